The van der Waals surface area contributed by atoms with E-state index < -0.39 is 0 Å². The number of anilines is 1. The topological polar surface area (TPSA) is 84.5 Å². The van der Waals surface area contributed by atoms with Crippen molar-refractivity contribution >= 4 is 23.3 Å². The Kier molecular flexibility index (Phi) is 8.21. The Bertz CT molecular complexity index is 798. The molecule has 0 radical (unpaired) electrons. The number of ketones is 1. The summed E-state index contributed by atoms with van der Waals surface area (Å²) in [5.41, 5.74) is 1.67. The molecule has 6 heteroatoms. The molecule has 0 spiro atoms. The van der Waals surface area contributed by atoms with E-state index in [4.69, 9.17) is 4.74 Å². The highest BCUT2D eigenvalue weighted by atomic mass is 16.5. The lowest BCUT2D eigenvalue weighted by Gasteiger charge is -2.07. The average molecular weight is 382 g/mol. The van der Waals surface area contributed by atoms with Crippen LogP contribution in [0.2, 0.25) is 0 Å². The lowest BCUT2D eigenvalue weighted by atomic mass is 10.1. The third-order valence-electron chi connectivity index (χ3n) is 4.00. The van der Waals surface area contributed by atoms with Gasteiger partial charge >= 0.3 is 0 Å². The minimum Gasteiger partial charge on any atom is -0.494 e. The Morgan fingerprint density at radius 1 is 0.857 bits per heavy atom. The van der Waals surface area contributed by atoms with Crippen LogP contribution in [-0.4, -0.2) is 30.7 Å². The zero-order valence-corrected chi connectivity index (χ0v) is 16.3. The normalized spacial score (nSPS) is 10.2. The fraction of sp³-hybridized carbons (Fsp3) is 0.318. The Morgan fingerprint density at radius 2 is 1.50 bits per heavy atom. The Labute approximate surface area is 165 Å². The van der Waals surface area contributed by atoms with Gasteiger partial charge in [0.1, 0.15) is 5.75 Å². The van der Waals surface area contributed by atoms with E-state index in [2.05, 4.69) is 10.6 Å². The maximum absolute atomic E-state index is 12.2. The lowest BCUT2D eigenvalue weighted by Crippen LogP contribution is -2.22. The summed E-state index contributed by atoms with van der Waals surface area (Å²) in [7, 11) is 0. The van der Waals surface area contributed by atoms with E-state index in [1.807, 2.05) is 13.8 Å². The molecule has 148 valence electrons. The van der Waals surface area contributed by atoms with Gasteiger partial charge in [-0.2, -0.15) is 0 Å². The number of Topliss-reactive ketones (excluding diaryl/α,β-unsaturated/α-hetero) is 1. The smallest absolute Gasteiger partial charge is 0.251 e. The van der Waals surface area contributed by atoms with Gasteiger partial charge in [0.05, 0.1) is 6.61 Å². The van der Waals surface area contributed by atoms with Gasteiger partial charge in [-0.3, -0.25) is 14.4 Å². The van der Waals surface area contributed by atoms with Crippen molar-refractivity contribution in [3.8, 4) is 5.75 Å². The van der Waals surface area contributed by atoms with Crippen LogP contribution in [0.15, 0.2) is 48.5 Å². The molecule has 0 aliphatic heterocycles. The molecule has 6 nitrogen and oxygen atoms in total. The molecule has 0 saturated carbocycles. The number of amides is 2. The highest BCUT2D eigenvalue weighted by Crippen LogP contribution is 2.15. The predicted octanol–water partition coefficient (Wildman–Crippen LogP) is 3.83. The molecule has 28 heavy (non-hydrogen) atoms. The van der Waals surface area contributed by atoms with Gasteiger partial charge in [-0.05, 0) is 61.9 Å². The monoisotopic (exact) mass is 382 g/mol. The molecule has 0 aromatic heterocycles. The second-order valence-electron chi connectivity index (χ2n) is 6.28. The third kappa shape index (κ3) is 6.54. The van der Waals surface area contributed by atoms with Crippen molar-refractivity contribution in [3.63, 3.8) is 0 Å². The fourth-order valence-electron chi connectivity index (χ4n) is 2.52. The quantitative estimate of drug-likeness (QED) is 0.612. The van der Waals surface area contributed by atoms with Crippen molar-refractivity contribution in [2.24, 2.45) is 0 Å². The molecule has 0 atom stereocenters. The Hall–Kier alpha value is -3.15. The van der Waals surface area contributed by atoms with Crippen molar-refractivity contribution in [3.05, 3.63) is 59.7 Å². The standard InChI is InChI=1S/C22H26N2O4/c1-3-15-28-19-11-7-16(8-12-19)20(25)13-14-21(26)24-18-9-5-17(6-10-18)22(27)23-4-2/h5-12H,3-4,13-15H2,1-2H3,(H,23,27)(H,24,26). The molecular weight excluding hydrogens is 356 g/mol. The maximum Gasteiger partial charge on any atom is 0.251 e. The number of carbonyl (C=O) groups excluding carboxylic acids is 3. The van der Waals surface area contributed by atoms with Gasteiger partial charge in [-0.1, -0.05) is 6.92 Å². The minimum absolute atomic E-state index is 0.0883. The second-order valence-corrected chi connectivity index (χ2v) is 6.28. The summed E-state index contributed by atoms with van der Waals surface area (Å²) >= 11 is 0. The first-order chi connectivity index (χ1) is 13.5. The van der Waals surface area contributed by atoms with E-state index in [1.54, 1.807) is 48.5 Å². The number of nitrogens with one attached hydrogen (secondary N) is 2. The first-order valence-corrected chi connectivity index (χ1v) is 9.47. The molecule has 2 aromatic rings. The third-order valence-corrected chi connectivity index (χ3v) is 4.00. The number of carbonyl (C=O) groups is 3. The zero-order chi connectivity index (χ0) is 20.4. The van der Waals surface area contributed by atoms with E-state index in [-0.39, 0.29) is 30.4 Å². The van der Waals surface area contributed by atoms with E-state index >= 15 is 0 Å². The van der Waals surface area contributed by atoms with Crippen LogP contribution in [-0.2, 0) is 4.79 Å². The summed E-state index contributed by atoms with van der Waals surface area (Å²) in [5.74, 6) is 0.232. The van der Waals surface area contributed by atoms with E-state index in [9.17, 15) is 14.4 Å². The average Bonchev–Trinajstić information content (AvgIpc) is 2.71. The van der Waals surface area contributed by atoms with E-state index in [0.717, 1.165) is 12.2 Å². The predicted molar refractivity (Wildman–Crippen MR) is 109 cm³/mol. The summed E-state index contributed by atoms with van der Waals surface area (Å²) in [6, 6.07) is 13.6. The second kappa shape index (κ2) is 10.9. The summed E-state index contributed by atoms with van der Waals surface area (Å²) in [4.78, 5) is 36.0. The van der Waals surface area contributed by atoms with Crippen molar-refractivity contribution in [1.82, 2.24) is 5.32 Å². The number of benzene rings is 2. The number of hydrogen-bond donors (Lipinski definition) is 2. The first-order valence-electron chi connectivity index (χ1n) is 9.47. The zero-order valence-electron chi connectivity index (χ0n) is 16.3. The van der Waals surface area contributed by atoms with Crippen LogP contribution in [0, 0.1) is 0 Å². The highest BCUT2D eigenvalue weighted by molar-refractivity contribution is 6.00. The fourth-order valence-corrected chi connectivity index (χ4v) is 2.52. The molecule has 0 unspecified atom stereocenters. The van der Waals surface area contributed by atoms with Crippen LogP contribution in [0.1, 0.15) is 53.8 Å². The molecule has 0 fully saturated rings. The van der Waals surface area contributed by atoms with E-state index in [0.29, 0.717) is 30.0 Å². The SMILES string of the molecule is CCCOc1ccc(C(=O)CCC(=O)Nc2ccc(C(=O)NCC)cc2)cc1. The van der Waals surface area contributed by atoms with Gasteiger partial charge in [0.2, 0.25) is 5.91 Å². The van der Waals surface area contributed by atoms with Crippen molar-refractivity contribution in [2.45, 2.75) is 33.1 Å². The molecule has 0 aliphatic rings. The van der Waals surface area contributed by atoms with Gasteiger partial charge in [-0.25, -0.2) is 0 Å². The van der Waals surface area contributed by atoms with Gasteiger partial charge in [0.25, 0.3) is 5.91 Å². The number of ether oxygens (including phenoxy) is 1. The van der Waals surface area contributed by atoms with Crippen molar-refractivity contribution in [2.75, 3.05) is 18.5 Å². The van der Waals surface area contributed by atoms with Crippen LogP contribution in [0.5, 0.6) is 5.75 Å². The largest absolute Gasteiger partial charge is 0.494 e. The van der Waals surface area contributed by atoms with Crippen LogP contribution >= 0.6 is 0 Å². The molecule has 2 N–H and O–H groups in total. The maximum atomic E-state index is 12.2. The lowest BCUT2D eigenvalue weighted by molar-refractivity contribution is -0.116. The molecule has 0 heterocycles. The van der Waals surface area contributed by atoms with Gasteiger partial charge < -0.3 is 15.4 Å². The number of rotatable bonds is 10. The van der Waals surface area contributed by atoms with Gasteiger partial charge in [0.15, 0.2) is 5.78 Å². The molecule has 0 bridgehead atoms. The van der Waals surface area contributed by atoms with Crippen LogP contribution in [0.4, 0.5) is 5.69 Å². The van der Waals surface area contributed by atoms with Crippen LogP contribution in [0.3, 0.4) is 0 Å². The van der Waals surface area contributed by atoms with Crippen molar-refractivity contribution in [1.29, 1.82) is 0 Å². The number of hydrogen-bond acceptors (Lipinski definition) is 4. The molecule has 0 aliphatic carbocycles. The molecule has 2 rings (SSSR count). The summed E-state index contributed by atoms with van der Waals surface area (Å²) < 4.78 is 5.49. The van der Waals surface area contributed by atoms with E-state index in [1.165, 1.54) is 0 Å². The molecular formula is C22H26N2O4. The Morgan fingerprint density at radius 3 is 2.11 bits per heavy atom. The Balaban J connectivity index is 1.81. The van der Waals surface area contributed by atoms with Crippen LogP contribution in [0.25, 0.3) is 0 Å². The molecule has 0 saturated heterocycles. The van der Waals surface area contributed by atoms with Gasteiger partial charge in [-0.15, -0.1) is 0 Å². The van der Waals surface area contributed by atoms with Crippen molar-refractivity contribution < 1.29 is 19.1 Å². The van der Waals surface area contributed by atoms with Crippen LogP contribution < -0.4 is 15.4 Å². The summed E-state index contributed by atoms with van der Waals surface area (Å²) in [6.07, 6.45) is 1.13. The minimum atomic E-state index is -0.248. The molecule has 2 aromatic carbocycles. The summed E-state index contributed by atoms with van der Waals surface area (Å²) in [5, 5.41) is 5.45. The highest BCUT2D eigenvalue weighted by Gasteiger charge is 2.10. The van der Waals surface area contributed by atoms with Gasteiger partial charge in [0, 0.05) is 36.2 Å². The molecule has 2 amide bonds. The summed E-state index contributed by atoms with van der Waals surface area (Å²) in [6.45, 7) is 5.07. The first kappa shape index (κ1) is 21.2.